The van der Waals surface area contributed by atoms with E-state index in [9.17, 15) is 4.79 Å². The van der Waals surface area contributed by atoms with Crippen LogP contribution in [0.5, 0.6) is 5.75 Å². The molecule has 8 heteroatoms. The summed E-state index contributed by atoms with van der Waals surface area (Å²) in [6.07, 6.45) is 0.601. The van der Waals surface area contributed by atoms with Crippen molar-refractivity contribution in [2.45, 2.75) is 19.8 Å². The van der Waals surface area contributed by atoms with Crippen LogP contribution in [-0.2, 0) is 11.2 Å². The van der Waals surface area contributed by atoms with E-state index in [0.717, 1.165) is 33.3 Å². The number of carbonyl (C=O) groups is 1. The number of ether oxygens (including phenoxy) is 1. The number of hydrogen-bond donors (Lipinski definition) is 1. The van der Waals surface area contributed by atoms with Gasteiger partial charge in [0.25, 0.3) is 0 Å². The SMILES string of the molecule is COc1ccc(-c2noc(CCC(=O)Nc3cccc(-c4csc(C)n4)c3)n2)cc1. The van der Waals surface area contributed by atoms with Gasteiger partial charge in [0, 0.05) is 35.0 Å². The molecule has 7 nitrogen and oxygen atoms in total. The summed E-state index contributed by atoms with van der Waals surface area (Å²) >= 11 is 1.60. The van der Waals surface area contributed by atoms with Crippen LogP contribution in [0, 0.1) is 6.92 Å². The fraction of sp³-hybridized carbons (Fsp3) is 0.182. The lowest BCUT2D eigenvalue weighted by atomic mass is 10.1. The number of rotatable bonds is 7. The van der Waals surface area contributed by atoms with E-state index in [1.165, 1.54) is 0 Å². The third kappa shape index (κ3) is 4.72. The lowest BCUT2D eigenvalue weighted by Gasteiger charge is -2.06. The lowest BCUT2D eigenvalue weighted by Crippen LogP contribution is -2.12. The first kappa shape index (κ1) is 19.8. The fourth-order valence-electron chi connectivity index (χ4n) is 2.91. The average Bonchev–Trinajstić information content (AvgIpc) is 3.42. The molecule has 1 N–H and O–H groups in total. The van der Waals surface area contributed by atoms with Gasteiger partial charge in [-0.05, 0) is 43.3 Å². The van der Waals surface area contributed by atoms with Gasteiger partial charge in [-0.1, -0.05) is 17.3 Å². The van der Waals surface area contributed by atoms with Crippen LogP contribution in [0.3, 0.4) is 0 Å². The van der Waals surface area contributed by atoms with Gasteiger partial charge in [-0.15, -0.1) is 11.3 Å². The Balaban J connectivity index is 1.34. The number of nitrogens with zero attached hydrogens (tertiary/aromatic N) is 3. The molecule has 0 bridgehead atoms. The predicted molar refractivity (Wildman–Crippen MR) is 116 cm³/mol. The summed E-state index contributed by atoms with van der Waals surface area (Å²) in [5.41, 5.74) is 3.43. The summed E-state index contributed by atoms with van der Waals surface area (Å²) in [5, 5.41) is 9.91. The first-order valence-corrected chi connectivity index (χ1v) is 10.3. The van der Waals surface area contributed by atoms with Gasteiger partial charge in [-0.3, -0.25) is 4.79 Å². The van der Waals surface area contributed by atoms with E-state index in [2.05, 4.69) is 20.4 Å². The van der Waals surface area contributed by atoms with Gasteiger partial charge in [0.2, 0.25) is 17.6 Å². The number of aromatic nitrogens is 3. The quantitative estimate of drug-likeness (QED) is 0.464. The molecular weight excluding hydrogens is 400 g/mol. The number of hydrogen-bond acceptors (Lipinski definition) is 7. The minimum absolute atomic E-state index is 0.120. The predicted octanol–water partition coefficient (Wildman–Crippen LogP) is 4.75. The molecule has 0 aliphatic heterocycles. The highest BCUT2D eigenvalue weighted by Crippen LogP contribution is 2.24. The Morgan fingerprint density at radius 3 is 2.70 bits per heavy atom. The van der Waals surface area contributed by atoms with Crippen molar-refractivity contribution >= 4 is 22.9 Å². The van der Waals surface area contributed by atoms with Gasteiger partial charge in [-0.25, -0.2) is 4.98 Å². The molecule has 152 valence electrons. The lowest BCUT2D eigenvalue weighted by molar-refractivity contribution is -0.116. The van der Waals surface area contributed by atoms with Crippen LogP contribution in [0.15, 0.2) is 58.4 Å². The topological polar surface area (TPSA) is 90.1 Å². The average molecular weight is 420 g/mol. The van der Waals surface area contributed by atoms with Crippen molar-refractivity contribution in [3.8, 4) is 28.4 Å². The highest BCUT2D eigenvalue weighted by Gasteiger charge is 2.12. The summed E-state index contributed by atoms with van der Waals surface area (Å²) in [4.78, 5) is 21.2. The molecule has 2 heterocycles. The van der Waals surface area contributed by atoms with E-state index >= 15 is 0 Å². The molecule has 30 heavy (non-hydrogen) atoms. The molecule has 0 atom stereocenters. The second kappa shape index (κ2) is 8.87. The molecule has 0 aliphatic rings. The van der Waals surface area contributed by atoms with E-state index < -0.39 is 0 Å². The Kier molecular flexibility index (Phi) is 5.85. The fourth-order valence-corrected chi connectivity index (χ4v) is 3.53. The summed E-state index contributed by atoms with van der Waals surface area (Å²) < 4.78 is 10.4. The third-order valence-electron chi connectivity index (χ3n) is 4.44. The van der Waals surface area contributed by atoms with Gasteiger partial charge in [-0.2, -0.15) is 4.98 Å². The zero-order valence-electron chi connectivity index (χ0n) is 16.6. The molecule has 2 aromatic carbocycles. The van der Waals surface area contributed by atoms with Crippen LogP contribution in [0.4, 0.5) is 5.69 Å². The number of thiazole rings is 1. The van der Waals surface area contributed by atoms with Crippen molar-refractivity contribution < 1.29 is 14.1 Å². The monoisotopic (exact) mass is 420 g/mol. The summed E-state index contributed by atoms with van der Waals surface area (Å²) in [5.74, 6) is 1.54. The Hall–Kier alpha value is -3.52. The van der Waals surface area contributed by atoms with Gasteiger partial charge in [0.1, 0.15) is 5.75 Å². The molecule has 0 saturated heterocycles. The number of anilines is 1. The van der Waals surface area contributed by atoms with Crippen molar-refractivity contribution in [1.29, 1.82) is 0 Å². The maximum Gasteiger partial charge on any atom is 0.227 e. The highest BCUT2D eigenvalue weighted by atomic mass is 32.1. The van der Waals surface area contributed by atoms with Crippen molar-refractivity contribution in [3.05, 3.63) is 64.8 Å². The van der Waals surface area contributed by atoms with E-state index in [-0.39, 0.29) is 12.3 Å². The zero-order valence-corrected chi connectivity index (χ0v) is 17.4. The number of methoxy groups -OCH3 is 1. The van der Waals surface area contributed by atoms with Crippen LogP contribution in [0.2, 0.25) is 0 Å². The van der Waals surface area contributed by atoms with Gasteiger partial charge in [0.15, 0.2) is 0 Å². The highest BCUT2D eigenvalue weighted by molar-refractivity contribution is 7.09. The van der Waals surface area contributed by atoms with E-state index in [4.69, 9.17) is 9.26 Å². The molecular formula is C22H20N4O3S. The summed E-state index contributed by atoms with van der Waals surface area (Å²) in [7, 11) is 1.61. The number of aryl methyl sites for hydroxylation is 2. The Labute approximate surface area is 177 Å². The molecule has 0 aliphatic carbocycles. The third-order valence-corrected chi connectivity index (χ3v) is 5.22. The zero-order chi connectivity index (χ0) is 20.9. The van der Waals surface area contributed by atoms with E-state index in [1.54, 1.807) is 18.4 Å². The first-order valence-electron chi connectivity index (χ1n) is 9.40. The van der Waals surface area contributed by atoms with Crippen molar-refractivity contribution in [2.75, 3.05) is 12.4 Å². The van der Waals surface area contributed by atoms with E-state index in [0.29, 0.717) is 18.1 Å². The molecule has 0 spiro atoms. The van der Waals surface area contributed by atoms with Gasteiger partial charge in [0.05, 0.1) is 17.8 Å². The van der Waals surface area contributed by atoms with Gasteiger partial charge >= 0.3 is 0 Å². The summed E-state index contributed by atoms with van der Waals surface area (Å²) in [6, 6.07) is 15.0. The molecule has 2 aromatic heterocycles. The van der Waals surface area contributed by atoms with Crippen molar-refractivity contribution in [3.63, 3.8) is 0 Å². The van der Waals surface area contributed by atoms with E-state index in [1.807, 2.05) is 60.8 Å². The van der Waals surface area contributed by atoms with Crippen LogP contribution in [0.1, 0.15) is 17.3 Å². The molecule has 0 radical (unpaired) electrons. The number of nitrogens with one attached hydrogen (secondary N) is 1. The van der Waals surface area contributed by atoms with Crippen molar-refractivity contribution in [2.24, 2.45) is 0 Å². The number of amides is 1. The Bertz CT molecular complexity index is 1150. The van der Waals surface area contributed by atoms with Crippen LogP contribution >= 0.6 is 11.3 Å². The minimum atomic E-state index is -0.120. The smallest absolute Gasteiger partial charge is 0.227 e. The second-order valence-corrected chi connectivity index (χ2v) is 7.68. The Morgan fingerprint density at radius 1 is 1.13 bits per heavy atom. The molecule has 0 saturated carbocycles. The molecule has 1 amide bonds. The second-order valence-electron chi connectivity index (χ2n) is 6.62. The molecule has 4 rings (SSSR count). The van der Waals surface area contributed by atoms with Crippen molar-refractivity contribution in [1.82, 2.24) is 15.1 Å². The molecule has 0 fully saturated rings. The maximum atomic E-state index is 12.4. The van der Waals surface area contributed by atoms with Crippen LogP contribution in [-0.4, -0.2) is 28.1 Å². The largest absolute Gasteiger partial charge is 0.497 e. The number of carbonyl (C=O) groups excluding carboxylic acids is 1. The number of benzene rings is 2. The van der Waals surface area contributed by atoms with Crippen LogP contribution in [0.25, 0.3) is 22.6 Å². The van der Waals surface area contributed by atoms with Crippen LogP contribution < -0.4 is 10.1 Å². The molecule has 0 unspecified atom stereocenters. The maximum absolute atomic E-state index is 12.4. The summed E-state index contributed by atoms with van der Waals surface area (Å²) in [6.45, 7) is 1.97. The Morgan fingerprint density at radius 2 is 1.97 bits per heavy atom. The normalized spacial score (nSPS) is 10.7. The van der Waals surface area contributed by atoms with Gasteiger partial charge < -0.3 is 14.6 Å². The standard InChI is InChI=1S/C22H20N4O3S/c1-14-23-19(13-30-14)16-4-3-5-17(12-16)24-20(27)10-11-21-25-22(26-29-21)15-6-8-18(28-2)9-7-15/h3-9,12-13H,10-11H2,1-2H3,(H,24,27). The minimum Gasteiger partial charge on any atom is -0.497 e. The molecule has 4 aromatic rings. The first-order chi connectivity index (χ1) is 14.6.